The van der Waals surface area contributed by atoms with Gasteiger partial charge in [-0.3, -0.25) is 9.59 Å². The molecule has 0 radical (unpaired) electrons. The van der Waals surface area contributed by atoms with E-state index in [0.717, 1.165) is 6.42 Å². The van der Waals surface area contributed by atoms with E-state index in [1.807, 2.05) is 13.8 Å². The summed E-state index contributed by atoms with van der Waals surface area (Å²) in [7, 11) is 0. The molecular formula is C13H17NO2. The van der Waals surface area contributed by atoms with Crippen molar-refractivity contribution in [3.05, 3.63) is 29.8 Å². The maximum Gasteiger partial charge on any atom is 0.227 e. The average molecular weight is 219 g/mol. The van der Waals surface area contributed by atoms with Gasteiger partial charge in [0.2, 0.25) is 5.91 Å². The molecule has 0 saturated carbocycles. The second-order valence-electron chi connectivity index (χ2n) is 3.94. The zero-order valence-corrected chi connectivity index (χ0v) is 9.91. The minimum absolute atomic E-state index is 0.000334. The summed E-state index contributed by atoms with van der Waals surface area (Å²) in [6.45, 7) is 5.36. The van der Waals surface area contributed by atoms with Crippen molar-refractivity contribution in [1.29, 1.82) is 0 Å². The Morgan fingerprint density at radius 2 is 2.06 bits per heavy atom. The molecule has 1 amide bonds. The quantitative estimate of drug-likeness (QED) is 0.791. The van der Waals surface area contributed by atoms with E-state index in [1.165, 1.54) is 6.92 Å². The first-order valence-electron chi connectivity index (χ1n) is 5.46. The van der Waals surface area contributed by atoms with E-state index in [2.05, 4.69) is 5.32 Å². The summed E-state index contributed by atoms with van der Waals surface area (Å²) < 4.78 is 0. The Balaban J connectivity index is 2.78. The van der Waals surface area contributed by atoms with Gasteiger partial charge >= 0.3 is 0 Å². The summed E-state index contributed by atoms with van der Waals surface area (Å²) in [4.78, 5) is 22.8. The van der Waals surface area contributed by atoms with Gasteiger partial charge in [-0.15, -0.1) is 0 Å². The fourth-order valence-electron chi connectivity index (χ4n) is 1.27. The van der Waals surface area contributed by atoms with E-state index in [1.54, 1.807) is 24.3 Å². The highest BCUT2D eigenvalue weighted by molar-refractivity contribution is 5.97. The SMILES string of the molecule is CC[C@H](C)C(=O)Nc1cccc(C(C)=O)c1. The highest BCUT2D eigenvalue weighted by atomic mass is 16.1. The zero-order valence-electron chi connectivity index (χ0n) is 9.91. The Morgan fingerprint density at radius 3 is 2.62 bits per heavy atom. The first kappa shape index (κ1) is 12.4. The molecule has 0 aliphatic carbocycles. The molecule has 1 aromatic rings. The van der Waals surface area contributed by atoms with Gasteiger partial charge in [-0.1, -0.05) is 26.0 Å². The van der Waals surface area contributed by atoms with Gasteiger partial charge in [-0.25, -0.2) is 0 Å². The molecular weight excluding hydrogens is 202 g/mol. The molecule has 1 rings (SSSR count). The van der Waals surface area contributed by atoms with Crippen molar-refractivity contribution >= 4 is 17.4 Å². The van der Waals surface area contributed by atoms with Crippen molar-refractivity contribution < 1.29 is 9.59 Å². The standard InChI is InChI=1S/C13H17NO2/c1-4-9(2)13(16)14-12-7-5-6-11(8-12)10(3)15/h5-9H,4H2,1-3H3,(H,14,16)/t9-/m0/s1. The van der Waals surface area contributed by atoms with Crippen molar-refractivity contribution in [2.45, 2.75) is 27.2 Å². The van der Waals surface area contributed by atoms with Crippen LogP contribution in [0.1, 0.15) is 37.6 Å². The molecule has 0 bridgehead atoms. The van der Waals surface area contributed by atoms with E-state index in [4.69, 9.17) is 0 Å². The number of carbonyl (C=O) groups excluding carboxylic acids is 2. The lowest BCUT2D eigenvalue weighted by Crippen LogP contribution is -2.19. The summed E-state index contributed by atoms with van der Waals surface area (Å²) in [6.07, 6.45) is 0.804. The number of Topliss-reactive ketones (excluding diaryl/α,β-unsaturated/α-hetero) is 1. The maximum absolute atomic E-state index is 11.6. The number of ketones is 1. The number of rotatable bonds is 4. The molecule has 1 atom stereocenters. The second kappa shape index (κ2) is 5.45. The number of benzene rings is 1. The molecule has 0 aromatic heterocycles. The molecule has 0 heterocycles. The van der Waals surface area contributed by atoms with Crippen molar-refractivity contribution in [1.82, 2.24) is 0 Å². The van der Waals surface area contributed by atoms with E-state index < -0.39 is 0 Å². The van der Waals surface area contributed by atoms with E-state index in [-0.39, 0.29) is 17.6 Å². The zero-order chi connectivity index (χ0) is 12.1. The second-order valence-corrected chi connectivity index (χ2v) is 3.94. The minimum Gasteiger partial charge on any atom is -0.326 e. The smallest absolute Gasteiger partial charge is 0.227 e. The lowest BCUT2D eigenvalue weighted by Gasteiger charge is -2.10. The molecule has 0 fully saturated rings. The maximum atomic E-state index is 11.6. The van der Waals surface area contributed by atoms with Gasteiger partial charge in [-0.2, -0.15) is 0 Å². The third-order valence-electron chi connectivity index (χ3n) is 2.60. The summed E-state index contributed by atoms with van der Waals surface area (Å²) in [6, 6.07) is 6.99. The molecule has 0 spiro atoms. The van der Waals surface area contributed by atoms with Gasteiger partial charge in [0, 0.05) is 17.2 Å². The van der Waals surface area contributed by atoms with Crippen LogP contribution in [0.2, 0.25) is 0 Å². The molecule has 16 heavy (non-hydrogen) atoms. The van der Waals surface area contributed by atoms with Crippen molar-refractivity contribution in [2.24, 2.45) is 5.92 Å². The number of anilines is 1. The molecule has 3 nitrogen and oxygen atoms in total. The fourth-order valence-corrected chi connectivity index (χ4v) is 1.27. The Morgan fingerprint density at radius 1 is 1.38 bits per heavy atom. The van der Waals surface area contributed by atoms with Crippen molar-refractivity contribution in [2.75, 3.05) is 5.32 Å². The Hall–Kier alpha value is -1.64. The first-order chi connectivity index (χ1) is 7.54. The van der Waals surface area contributed by atoms with Gasteiger partial charge in [0.1, 0.15) is 0 Å². The largest absolute Gasteiger partial charge is 0.326 e. The predicted molar refractivity (Wildman–Crippen MR) is 64.5 cm³/mol. The third kappa shape index (κ3) is 3.19. The summed E-state index contributed by atoms with van der Waals surface area (Å²) in [5.74, 6) is -0.0242. The Kier molecular flexibility index (Phi) is 4.23. The number of carbonyl (C=O) groups is 2. The van der Waals surface area contributed by atoms with Crippen LogP contribution in [-0.4, -0.2) is 11.7 Å². The molecule has 1 N–H and O–H groups in total. The average Bonchev–Trinajstić information content (AvgIpc) is 2.28. The van der Waals surface area contributed by atoms with Crippen LogP contribution in [0.15, 0.2) is 24.3 Å². The van der Waals surface area contributed by atoms with Gasteiger partial charge in [0.25, 0.3) is 0 Å². The van der Waals surface area contributed by atoms with E-state index in [0.29, 0.717) is 11.3 Å². The van der Waals surface area contributed by atoms with Crippen LogP contribution in [0.4, 0.5) is 5.69 Å². The number of amides is 1. The van der Waals surface area contributed by atoms with E-state index >= 15 is 0 Å². The van der Waals surface area contributed by atoms with E-state index in [9.17, 15) is 9.59 Å². The lowest BCUT2D eigenvalue weighted by molar-refractivity contribution is -0.119. The molecule has 0 saturated heterocycles. The number of nitrogens with one attached hydrogen (secondary N) is 1. The van der Waals surface area contributed by atoms with Gasteiger partial charge in [0.15, 0.2) is 5.78 Å². The van der Waals surface area contributed by atoms with Crippen LogP contribution in [0.5, 0.6) is 0 Å². The van der Waals surface area contributed by atoms with Crippen LogP contribution >= 0.6 is 0 Å². The molecule has 0 aliphatic heterocycles. The van der Waals surface area contributed by atoms with Crippen LogP contribution < -0.4 is 5.32 Å². The fraction of sp³-hybridized carbons (Fsp3) is 0.385. The Bertz CT molecular complexity index is 399. The molecule has 1 aromatic carbocycles. The van der Waals surface area contributed by atoms with Crippen LogP contribution in [0.3, 0.4) is 0 Å². The molecule has 3 heteroatoms. The van der Waals surface area contributed by atoms with Crippen molar-refractivity contribution in [3.8, 4) is 0 Å². The first-order valence-corrected chi connectivity index (χ1v) is 5.46. The van der Waals surface area contributed by atoms with Gasteiger partial charge in [0.05, 0.1) is 0 Å². The topological polar surface area (TPSA) is 46.2 Å². The molecule has 0 aliphatic rings. The highest BCUT2D eigenvalue weighted by Gasteiger charge is 2.10. The van der Waals surface area contributed by atoms with Crippen LogP contribution in [0.25, 0.3) is 0 Å². The third-order valence-corrected chi connectivity index (χ3v) is 2.60. The van der Waals surface area contributed by atoms with Crippen LogP contribution in [-0.2, 0) is 4.79 Å². The minimum atomic E-state index is -0.0130. The normalized spacial score (nSPS) is 11.9. The molecule has 86 valence electrons. The summed E-state index contributed by atoms with van der Waals surface area (Å²) in [5, 5.41) is 2.80. The monoisotopic (exact) mass is 219 g/mol. The Labute approximate surface area is 95.9 Å². The van der Waals surface area contributed by atoms with Crippen LogP contribution in [0, 0.1) is 5.92 Å². The lowest BCUT2D eigenvalue weighted by atomic mass is 10.1. The van der Waals surface area contributed by atoms with Gasteiger partial charge < -0.3 is 5.32 Å². The van der Waals surface area contributed by atoms with Crippen molar-refractivity contribution in [3.63, 3.8) is 0 Å². The summed E-state index contributed by atoms with van der Waals surface area (Å²) in [5.41, 5.74) is 1.29. The predicted octanol–water partition coefficient (Wildman–Crippen LogP) is 2.87. The molecule has 0 unspecified atom stereocenters. The summed E-state index contributed by atoms with van der Waals surface area (Å²) >= 11 is 0. The van der Waals surface area contributed by atoms with Gasteiger partial charge in [-0.05, 0) is 25.5 Å². The highest BCUT2D eigenvalue weighted by Crippen LogP contribution is 2.13. The number of hydrogen-bond acceptors (Lipinski definition) is 2. The number of hydrogen-bond donors (Lipinski definition) is 1.